The molecule has 7 nitrogen and oxygen atoms in total. The van der Waals surface area contributed by atoms with E-state index in [9.17, 15) is 4.79 Å². The molecule has 94 valence electrons. The highest BCUT2D eigenvalue weighted by Gasteiger charge is 2.16. The molecule has 0 aliphatic heterocycles. The number of rotatable bonds is 3. The first-order chi connectivity index (χ1) is 9.24. The highest BCUT2D eigenvalue weighted by Crippen LogP contribution is 2.25. The molecule has 2 N–H and O–H groups in total. The summed E-state index contributed by atoms with van der Waals surface area (Å²) in [7, 11) is 0. The Hall–Kier alpha value is -2.96. The Morgan fingerprint density at radius 3 is 3.00 bits per heavy atom. The first kappa shape index (κ1) is 11.1. The van der Waals surface area contributed by atoms with E-state index in [0.717, 1.165) is 10.8 Å². The number of carboxylic acids is 1. The van der Waals surface area contributed by atoms with E-state index in [0.29, 0.717) is 5.75 Å². The molecule has 3 aromatic rings. The van der Waals surface area contributed by atoms with Gasteiger partial charge in [0, 0.05) is 17.8 Å². The maximum atomic E-state index is 10.9. The summed E-state index contributed by atoms with van der Waals surface area (Å²) in [5, 5.41) is 20.1. The average molecular weight is 256 g/mol. The smallest absolute Gasteiger partial charge is 0.359 e. The van der Waals surface area contributed by atoms with Gasteiger partial charge in [0.1, 0.15) is 5.75 Å². The third-order valence-corrected chi connectivity index (χ3v) is 2.56. The van der Waals surface area contributed by atoms with Gasteiger partial charge in [0.05, 0.1) is 0 Å². The maximum Gasteiger partial charge on any atom is 0.359 e. The molecule has 2 heterocycles. The molecule has 0 amide bonds. The first-order valence-electron chi connectivity index (χ1n) is 5.40. The lowest BCUT2D eigenvalue weighted by Crippen LogP contribution is -1.99. The molecule has 0 saturated carbocycles. The molecule has 7 heteroatoms. The first-order valence-corrected chi connectivity index (χ1v) is 5.40. The summed E-state index contributed by atoms with van der Waals surface area (Å²) in [6.45, 7) is 0. The van der Waals surface area contributed by atoms with Gasteiger partial charge in [-0.2, -0.15) is 0 Å². The number of aromatic carboxylic acids is 1. The lowest BCUT2D eigenvalue weighted by molar-refractivity contribution is 0.0687. The summed E-state index contributed by atoms with van der Waals surface area (Å²) in [4.78, 5) is 14.9. The zero-order valence-corrected chi connectivity index (χ0v) is 9.57. The van der Waals surface area contributed by atoms with Gasteiger partial charge in [-0.15, -0.1) is 0 Å². The van der Waals surface area contributed by atoms with E-state index in [1.807, 2.05) is 12.1 Å². The molecule has 0 unspecified atom stereocenters. The number of hydrogen-bond acceptors (Lipinski definition) is 5. The number of carbonyl (C=O) groups is 1. The Bertz CT molecular complexity index is 753. The predicted octanol–water partition coefficient (Wildman–Crippen LogP) is 1.84. The summed E-state index contributed by atoms with van der Waals surface area (Å²) in [6.07, 6.45) is 3.41. The van der Waals surface area contributed by atoms with Gasteiger partial charge in [0.2, 0.25) is 5.69 Å². The molecular weight excluding hydrogens is 248 g/mol. The lowest BCUT2D eigenvalue weighted by Gasteiger charge is -2.04. The van der Waals surface area contributed by atoms with Crippen LogP contribution >= 0.6 is 0 Å². The second kappa shape index (κ2) is 4.37. The van der Waals surface area contributed by atoms with Gasteiger partial charge in [-0.1, -0.05) is 10.3 Å². The van der Waals surface area contributed by atoms with Crippen molar-refractivity contribution in [2.24, 2.45) is 0 Å². The summed E-state index contributed by atoms with van der Waals surface area (Å²) >= 11 is 0. The van der Waals surface area contributed by atoms with Crippen molar-refractivity contribution in [1.29, 1.82) is 0 Å². The molecule has 0 saturated heterocycles. The minimum atomic E-state index is -1.18. The monoisotopic (exact) mass is 256 g/mol. The quantitative estimate of drug-likeness (QED) is 0.741. The van der Waals surface area contributed by atoms with Crippen molar-refractivity contribution >= 4 is 16.7 Å². The number of benzene rings is 1. The van der Waals surface area contributed by atoms with Crippen molar-refractivity contribution in [1.82, 2.24) is 20.4 Å². The van der Waals surface area contributed by atoms with Crippen LogP contribution in [0.25, 0.3) is 10.8 Å². The van der Waals surface area contributed by atoms with Crippen molar-refractivity contribution in [3.8, 4) is 11.6 Å². The van der Waals surface area contributed by atoms with E-state index in [1.165, 1.54) is 0 Å². The molecule has 3 rings (SSSR count). The highest BCUT2D eigenvalue weighted by molar-refractivity contribution is 5.88. The van der Waals surface area contributed by atoms with E-state index in [1.54, 1.807) is 24.5 Å². The SMILES string of the molecule is O=C(O)c1[nH]nnc1Oc1ccc2cnccc2c1. The van der Waals surface area contributed by atoms with E-state index in [-0.39, 0.29) is 11.6 Å². The fraction of sp³-hybridized carbons (Fsp3) is 0. The van der Waals surface area contributed by atoms with Gasteiger partial charge < -0.3 is 9.84 Å². The van der Waals surface area contributed by atoms with Gasteiger partial charge in [0.25, 0.3) is 5.88 Å². The normalized spacial score (nSPS) is 10.5. The minimum absolute atomic E-state index is 0.0686. The molecule has 1 aromatic carbocycles. The zero-order valence-electron chi connectivity index (χ0n) is 9.57. The van der Waals surface area contributed by atoms with Crippen LogP contribution in [0.2, 0.25) is 0 Å². The number of aromatic nitrogens is 4. The number of nitrogens with zero attached hydrogens (tertiary/aromatic N) is 3. The predicted molar refractivity (Wildman–Crippen MR) is 65.2 cm³/mol. The molecule has 0 fully saturated rings. The van der Waals surface area contributed by atoms with Gasteiger partial charge >= 0.3 is 5.97 Å². The number of nitrogens with one attached hydrogen (secondary N) is 1. The second-order valence-electron chi connectivity index (χ2n) is 3.78. The number of pyridine rings is 1. The highest BCUT2D eigenvalue weighted by atomic mass is 16.5. The molecular formula is C12H8N4O3. The Labute approximate surface area is 106 Å². The summed E-state index contributed by atoms with van der Waals surface area (Å²) in [5.74, 6) is -0.763. The molecule has 0 radical (unpaired) electrons. The van der Waals surface area contributed by atoms with Crippen molar-refractivity contribution in [2.75, 3.05) is 0 Å². The molecule has 2 aromatic heterocycles. The Morgan fingerprint density at radius 1 is 1.26 bits per heavy atom. The van der Waals surface area contributed by atoms with Gasteiger partial charge in [-0.25, -0.2) is 9.89 Å². The van der Waals surface area contributed by atoms with Crippen molar-refractivity contribution in [3.63, 3.8) is 0 Å². The second-order valence-corrected chi connectivity index (χ2v) is 3.78. The Kier molecular flexibility index (Phi) is 2.57. The van der Waals surface area contributed by atoms with E-state index >= 15 is 0 Å². The largest absolute Gasteiger partial charge is 0.476 e. The van der Waals surface area contributed by atoms with Crippen LogP contribution in [0.4, 0.5) is 0 Å². The topological polar surface area (TPSA) is 101 Å². The molecule has 0 bridgehead atoms. The number of aromatic amines is 1. The van der Waals surface area contributed by atoms with Crippen molar-refractivity contribution in [2.45, 2.75) is 0 Å². The van der Waals surface area contributed by atoms with E-state index in [4.69, 9.17) is 9.84 Å². The number of hydrogen-bond donors (Lipinski definition) is 2. The van der Waals surface area contributed by atoms with Crippen LogP contribution in [0.1, 0.15) is 10.5 Å². The fourth-order valence-electron chi connectivity index (χ4n) is 1.67. The summed E-state index contributed by atoms with van der Waals surface area (Å²) < 4.78 is 5.41. The number of fused-ring (bicyclic) bond motifs is 1. The van der Waals surface area contributed by atoms with Crippen LogP contribution in [0.3, 0.4) is 0 Å². The van der Waals surface area contributed by atoms with E-state index < -0.39 is 5.97 Å². The van der Waals surface area contributed by atoms with Gasteiger partial charge in [-0.05, 0) is 29.7 Å². The summed E-state index contributed by atoms with van der Waals surface area (Å²) in [5.41, 5.74) is -0.185. The molecule has 19 heavy (non-hydrogen) atoms. The van der Waals surface area contributed by atoms with Gasteiger partial charge in [-0.3, -0.25) is 4.98 Å². The van der Waals surface area contributed by atoms with Crippen molar-refractivity contribution < 1.29 is 14.6 Å². The fourth-order valence-corrected chi connectivity index (χ4v) is 1.67. The van der Waals surface area contributed by atoms with Crippen molar-refractivity contribution in [3.05, 3.63) is 42.4 Å². The zero-order chi connectivity index (χ0) is 13.2. The van der Waals surface area contributed by atoms with Crippen LogP contribution in [0, 0.1) is 0 Å². The molecule has 0 aliphatic carbocycles. The van der Waals surface area contributed by atoms with Crippen LogP contribution < -0.4 is 4.74 Å². The maximum absolute atomic E-state index is 10.9. The molecule has 0 aliphatic rings. The lowest BCUT2D eigenvalue weighted by atomic mass is 10.2. The third kappa shape index (κ3) is 2.08. The van der Waals surface area contributed by atoms with E-state index in [2.05, 4.69) is 20.4 Å². The molecule has 0 spiro atoms. The van der Waals surface area contributed by atoms with Crippen LogP contribution in [-0.2, 0) is 0 Å². The summed E-state index contributed by atoms with van der Waals surface area (Å²) in [6, 6.07) is 7.16. The molecule has 0 atom stereocenters. The minimum Gasteiger partial charge on any atom is -0.476 e. The van der Waals surface area contributed by atoms with Gasteiger partial charge in [0.15, 0.2) is 0 Å². The third-order valence-electron chi connectivity index (χ3n) is 2.56. The van der Waals surface area contributed by atoms with Crippen LogP contribution in [-0.4, -0.2) is 31.5 Å². The number of H-pyrrole nitrogens is 1. The Morgan fingerprint density at radius 2 is 2.16 bits per heavy atom. The number of carboxylic acid groups (broad SMARTS) is 1. The standard InChI is InChI=1S/C12H8N4O3/c17-12(18)10-11(15-16-14-10)19-9-2-1-8-6-13-4-3-7(8)5-9/h1-6H,(H,17,18)(H,14,15,16). The van der Waals surface area contributed by atoms with Crippen LogP contribution in [0.5, 0.6) is 11.6 Å². The number of ether oxygens (including phenoxy) is 1. The average Bonchev–Trinajstić information content (AvgIpc) is 2.87. The Balaban J connectivity index is 1.97. The van der Waals surface area contributed by atoms with Crippen LogP contribution in [0.15, 0.2) is 36.7 Å².